The van der Waals surface area contributed by atoms with E-state index in [4.69, 9.17) is 5.26 Å². The standard InChI is InChI=1S/C14H19N3/c1-2-7-16-8-10-17(11-9-16)14-5-3-13(12-15)4-6-14/h3-6H,2,7-11H2,1H3. The topological polar surface area (TPSA) is 30.3 Å². The number of hydrogen-bond acceptors (Lipinski definition) is 3. The molecule has 0 atom stereocenters. The first kappa shape index (κ1) is 11.9. The highest BCUT2D eigenvalue weighted by Gasteiger charge is 2.15. The average Bonchev–Trinajstić information content (AvgIpc) is 2.40. The van der Waals surface area contributed by atoms with Gasteiger partial charge in [-0.15, -0.1) is 0 Å². The van der Waals surface area contributed by atoms with Crippen molar-refractivity contribution in [3.05, 3.63) is 29.8 Å². The molecule has 2 rings (SSSR count). The van der Waals surface area contributed by atoms with Crippen LogP contribution in [-0.2, 0) is 0 Å². The van der Waals surface area contributed by atoms with Crippen LogP contribution in [0.4, 0.5) is 5.69 Å². The van der Waals surface area contributed by atoms with E-state index in [0.29, 0.717) is 0 Å². The summed E-state index contributed by atoms with van der Waals surface area (Å²) < 4.78 is 0. The number of benzene rings is 1. The summed E-state index contributed by atoms with van der Waals surface area (Å²) in [6, 6.07) is 10.0. The lowest BCUT2D eigenvalue weighted by Crippen LogP contribution is -2.46. The zero-order valence-electron chi connectivity index (χ0n) is 10.4. The van der Waals surface area contributed by atoms with E-state index in [2.05, 4.69) is 22.8 Å². The van der Waals surface area contributed by atoms with Gasteiger partial charge in [0.1, 0.15) is 0 Å². The molecule has 3 nitrogen and oxygen atoms in total. The molecule has 90 valence electrons. The minimum Gasteiger partial charge on any atom is -0.369 e. The summed E-state index contributed by atoms with van der Waals surface area (Å²) in [4.78, 5) is 4.91. The first-order chi connectivity index (χ1) is 8.33. The fourth-order valence-corrected chi connectivity index (χ4v) is 2.29. The molecule has 0 N–H and O–H groups in total. The Hall–Kier alpha value is -1.53. The van der Waals surface area contributed by atoms with Crippen LogP contribution in [0.25, 0.3) is 0 Å². The molecule has 0 amide bonds. The molecule has 1 fully saturated rings. The minimum atomic E-state index is 0.735. The van der Waals surface area contributed by atoms with Crippen molar-refractivity contribution in [1.82, 2.24) is 4.90 Å². The molecule has 0 spiro atoms. The van der Waals surface area contributed by atoms with Gasteiger partial charge in [-0.1, -0.05) is 6.92 Å². The van der Waals surface area contributed by atoms with Gasteiger partial charge in [0.05, 0.1) is 11.6 Å². The van der Waals surface area contributed by atoms with Gasteiger partial charge in [-0.3, -0.25) is 4.90 Å². The quantitative estimate of drug-likeness (QED) is 0.795. The van der Waals surface area contributed by atoms with Crippen molar-refractivity contribution in [2.24, 2.45) is 0 Å². The molecule has 3 heteroatoms. The lowest BCUT2D eigenvalue weighted by atomic mass is 10.2. The number of anilines is 1. The molecule has 1 aliphatic heterocycles. The number of nitrogens with zero attached hydrogens (tertiary/aromatic N) is 3. The molecule has 0 saturated carbocycles. The Morgan fingerprint density at radius 2 is 1.76 bits per heavy atom. The Labute approximate surface area is 103 Å². The fourth-order valence-electron chi connectivity index (χ4n) is 2.29. The van der Waals surface area contributed by atoms with Gasteiger partial charge in [-0.2, -0.15) is 5.26 Å². The zero-order chi connectivity index (χ0) is 12.1. The average molecular weight is 229 g/mol. The van der Waals surface area contributed by atoms with Crippen LogP contribution in [0.2, 0.25) is 0 Å². The predicted molar refractivity (Wildman–Crippen MR) is 70.1 cm³/mol. The highest BCUT2D eigenvalue weighted by atomic mass is 15.3. The first-order valence-corrected chi connectivity index (χ1v) is 6.31. The van der Waals surface area contributed by atoms with E-state index >= 15 is 0 Å². The molecule has 1 aromatic rings. The van der Waals surface area contributed by atoms with Crippen LogP contribution in [0.15, 0.2) is 24.3 Å². The van der Waals surface area contributed by atoms with Crippen molar-refractivity contribution in [2.75, 3.05) is 37.6 Å². The Morgan fingerprint density at radius 3 is 2.29 bits per heavy atom. The summed E-state index contributed by atoms with van der Waals surface area (Å²) in [5.74, 6) is 0. The van der Waals surface area contributed by atoms with E-state index in [1.54, 1.807) is 0 Å². The molecular formula is C14H19N3. The molecule has 1 aliphatic rings. The van der Waals surface area contributed by atoms with Crippen LogP contribution < -0.4 is 4.90 Å². The zero-order valence-corrected chi connectivity index (χ0v) is 10.4. The summed E-state index contributed by atoms with van der Waals surface area (Å²) in [7, 11) is 0. The van der Waals surface area contributed by atoms with Gasteiger partial charge in [-0.25, -0.2) is 0 Å². The summed E-state index contributed by atoms with van der Waals surface area (Å²) in [5.41, 5.74) is 1.97. The first-order valence-electron chi connectivity index (χ1n) is 6.31. The van der Waals surface area contributed by atoms with Gasteiger partial charge < -0.3 is 4.90 Å². The van der Waals surface area contributed by atoms with Gasteiger partial charge in [0.15, 0.2) is 0 Å². The maximum atomic E-state index is 8.76. The molecule has 0 bridgehead atoms. The summed E-state index contributed by atoms with van der Waals surface area (Å²) in [6.07, 6.45) is 1.23. The Bertz CT molecular complexity index is 383. The maximum absolute atomic E-state index is 8.76. The Kier molecular flexibility index (Phi) is 4.00. The van der Waals surface area contributed by atoms with Crippen molar-refractivity contribution < 1.29 is 0 Å². The van der Waals surface area contributed by atoms with E-state index in [9.17, 15) is 0 Å². The van der Waals surface area contributed by atoms with Gasteiger partial charge in [0.25, 0.3) is 0 Å². The van der Waals surface area contributed by atoms with Crippen molar-refractivity contribution in [3.8, 4) is 6.07 Å². The molecule has 0 aromatic heterocycles. The van der Waals surface area contributed by atoms with Gasteiger partial charge in [-0.05, 0) is 37.2 Å². The van der Waals surface area contributed by atoms with E-state index in [1.165, 1.54) is 18.7 Å². The normalized spacial score (nSPS) is 16.8. The summed E-state index contributed by atoms with van der Waals surface area (Å²) in [6.45, 7) is 7.91. The van der Waals surface area contributed by atoms with Crippen LogP contribution in [0.3, 0.4) is 0 Å². The van der Waals surface area contributed by atoms with E-state index in [0.717, 1.165) is 31.7 Å². The smallest absolute Gasteiger partial charge is 0.0991 e. The third-order valence-electron chi connectivity index (χ3n) is 3.27. The van der Waals surface area contributed by atoms with Gasteiger partial charge in [0, 0.05) is 31.9 Å². The molecule has 1 heterocycles. The molecule has 0 radical (unpaired) electrons. The highest BCUT2D eigenvalue weighted by Crippen LogP contribution is 2.17. The monoisotopic (exact) mass is 229 g/mol. The third-order valence-corrected chi connectivity index (χ3v) is 3.27. The third kappa shape index (κ3) is 2.98. The number of piperazine rings is 1. The molecule has 1 saturated heterocycles. The van der Waals surface area contributed by atoms with E-state index < -0.39 is 0 Å². The fraction of sp³-hybridized carbons (Fsp3) is 0.500. The van der Waals surface area contributed by atoms with Crippen molar-refractivity contribution >= 4 is 5.69 Å². The van der Waals surface area contributed by atoms with Crippen LogP contribution in [0.5, 0.6) is 0 Å². The predicted octanol–water partition coefficient (Wildman–Crippen LogP) is 2.09. The van der Waals surface area contributed by atoms with E-state index in [1.807, 2.05) is 24.3 Å². The molecule has 17 heavy (non-hydrogen) atoms. The largest absolute Gasteiger partial charge is 0.369 e. The van der Waals surface area contributed by atoms with Crippen LogP contribution in [0, 0.1) is 11.3 Å². The Balaban J connectivity index is 1.94. The van der Waals surface area contributed by atoms with Crippen molar-refractivity contribution in [3.63, 3.8) is 0 Å². The minimum absolute atomic E-state index is 0.735. The summed E-state index contributed by atoms with van der Waals surface area (Å²) in [5, 5.41) is 8.76. The van der Waals surface area contributed by atoms with Gasteiger partial charge >= 0.3 is 0 Å². The van der Waals surface area contributed by atoms with Crippen LogP contribution >= 0.6 is 0 Å². The van der Waals surface area contributed by atoms with Crippen molar-refractivity contribution in [2.45, 2.75) is 13.3 Å². The van der Waals surface area contributed by atoms with Crippen LogP contribution in [0.1, 0.15) is 18.9 Å². The van der Waals surface area contributed by atoms with Crippen LogP contribution in [-0.4, -0.2) is 37.6 Å². The van der Waals surface area contributed by atoms with Gasteiger partial charge in [0.2, 0.25) is 0 Å². The lowest BCUT2D eigenvalue weighted by molar-refractivity contribution is 0.258. The highest BCUT2D eigenvalue weighted by molar-refractivity contribution is 5.50. The van der Waals surface area contributed by atoms with Crippen molar-refractivity contribution in [1.29, 1.82) is 5.26 Å². The molecular weight excluding hydrogens is 210 g/mol. The number of nitriles is 1. The second kappa shape index (κ2) is 5.70. The SMILES string of the molecule is CCCN1CCN(c2ccc(C#N)cc2)CC1. The number of rotatable bonds is 3. The second-order valence-corrected chi connectivity index (χ2v) is 4.49. The number of hydrogen-bond donors (Lipinski definition) is 0. The lowest BCUT2D eigenvalue weighted by Gasteiger charge is -2.36. The molecule has 0 aliphatic carbocycles. The summed E-state index contributed by atoms with van der Waals surface area (Å²) >= 11 is 0. The molecule has 0 unspecified atom stereocenters. The van der Waals surface area contributed by atoms with E-state index in [-0.39, 0.29) is 0 Å². The Morgan fingerprint density at radius 1 is 1.12 bits per heavy atom. The second-order valence-electron chi connectivity index (χ2n) is 4.49. The molecule has 1 aromatic carbocycles. The maximum Gasteiger partial charge on any atom is 0.0991 e.